The molecule has 0 spiro atoms. The van der Waals surface area contributed by atoms with Crippen LogP contribution < -0.4 is 15.7 Å². The first-order valence-corrected chi connectivity index (χ1v) is 19.5. The summed E-state index contributed by atoms with van der Waals surface area (Å²) in [7, 11) is 0. The monoisotopic (exact) mass is 787 g/mol. The Morgan fingerprint density at radius 1 is 0.414 bits per heavy atom. The van der Waals surface area contributed by atoms with Crippen molar-refractivity contribution in [1.29, 1.82) is 0 Å². The zero-order valence-electron chi connectivity index (χ0n) is 32.5. The molecule has 5 aliphatic rings. The molecule has 0 saturated heterocycles. The molecule has 0 amide bonds. The Balaban J connectivity index is 0.00000436. The molecule has 4 heteroatoms. The van der Waals surface area contributed by atoms with Crippen LogP contribution in [0.5, 0.6) is 0 Å². The molecule has 8 bridgehead atoms. The van der Waals surface area contributed by atoms with Gasteiger partial charge in [-0.05, 0) is 68.7 Å². The first kappa shape index (κ1) is 37.0. The SMILES string of the molecule is CC(C)(C)c1ccc2c3[c-]c(c-2cc1)C(c1ccccc1)=C1C=CC(=N1)C(c1ccccc1)=c1ccc([n-]1)=C(c1ccccc1)C1=NC(=C3c2ccccc2)C=C1.[Ni+2]. The molecule has 0 unspecified atom stereocenters. The van der Waals surface area contributed by atoms with E-state index in [4.69, 9.17) is 15.0 Å². The van der Waals surface area contributed by atoms with Crippen molar-refractivity contribution in [2.24, 2.45) is 9.98 Å². The van der Waals surface area contributed by atoms with Gasteiger partial charge in [0.05, 0.1) is 11.4 Å². The molecule has 0 radical (unpaired) electrons. The number of hydrogen-bond acceptors (Lipinski definition) is 2. The number of allylic oxidation sites excluding steroid dienone is 4. The van der Waals surface area contributed by atoms with Crippen LogP contribution in [0.15, 0.2) is 203 Å². The summed E-state index contributed by atoms with van der Waals surface area (Å²) in [4.78, 5) is 16.4. The first-order valence-electron chi connectivity index (χ1n) is 19.5. The van der Waals surface area contributed by atoms with Gasteiger partial charge in [0.1, 0.15) is 0 Å². The van der Waals surface area contributed by atoms with Gasteiger partial charge in [0.2, 0.25) is 0 Å². The van der Waals surface area contributed by atoms with Gasteiger partial charge < -0.3 is 4.98 Å². The molecule has 1 aromatic heterocycles. The Bertz CT molecular complexity index is 2790. The molecule has 0 atom stereocenters. The average molecular weight is 789 g/mol. The molecule has 280 valence electrons. The fraction of sp³-hybridized carbons (Fsp3) is 0.0741. The molecule has 58 heavy (non-hydrogen) atoms. The van der Waals surface area contributed by atoms with Crippen LogP contribution in [0.1, 0.15) is 59.7 Å². The second-order valence-corrected chi connectivity index (χ2v) is 15.7. The topological polar surface area (TPSA) is 38.8 Å². The van der Waals surface area contributed by atoms with E-state index in [2.05, 4.69) is 197 Å². The van der Waals surface area contributed by atoms with Crippen LogP contribution in [-0.4, -0.2) is 11.4 Å². The number of nitrogens with zero attached hydrogens (tertiary/aromatic N) is 3. The first-order chi connectivity index (χ1) is 27.9. The van der Waals surface area contributed by atoms with Crippen molar-refractivity contribution >= 4 is 33.7 Å². The third-order valence-corrected chi connectivity index (χ3v) is 11.0. The summed E-state index contributed by atoms with van der Waals surface area (Å²) in [6, 6.07) is 59.7. The third kappa shape index (κ3) is 6.60. The number of benzene rings is 4. The van der Waals surface area contributed by atoms with Gasteiger partial charge in [0, 0.05) is 11.4 Å². The second kappa shape index (κ2) is 15.0. The summed E-state index contributed by atoms with van der Waals surface area (Å²) in [5.74, 6) is 0. The fourth-order valence-corrected chi connectivity index (χ4v) is 8.21. The Morgan fingerprint density at radius 2 is 0.776 bits per heavy atom. The Hall–Kier alpha value is -6.61. The zero-order chi connectivity index (χ0) is 38.5. The zero-order valence-corrected chi connectivity index (χ0v) is 33.5. The second-order valence-electron chi connectivity index (χ2n) is 15.7. The van der Waals surface area contributed by atoms with Crippen LogP contribution in [0.4, 0.5) is 0 Å². The van der Waals surface area contributed by atoms with Crippen molar-refractivity contribution in [3.8, 4) is 11.1 Å². The summed E-state index contributed by atoms with van der Waals surface area (Å²) in [5.41, 5.74) is 17.2. The number of aromatic nitrogens is 1. The van der Waals surface area contributed by atoms with Crippen LogP contribution in [-0.2, 0) is 21.9 Å². The van der Waals surface area contributed by atoms with Gasteiger partial charge in [0.25, 0.3) is 0 Å². The van der Waals surface area contributed by atoms with Gasteiger partial charge in [-0.2, -0.15) is 0 Å². The molecular formula is C54H39N3Ni. The van der Waals surface area contributed by atoms with E-state index in [1.807, 2.05) is 12.1 Å². The minimum atomic E-state index is -0.0440. The summed E-state index contributed by atoms with van der Waals surface area (Å²) >= 11 is 0. The minimum Gasteiger partial charge on any atom is -0.657 e. The van der Waals surface area contributed by atoms with E-state index in [0.717, 1.165) is 100 Å². The number of fused-ring (bicyclic) bond motifs is 9. The molecule has 5 aromatic rings. The predicted octanol–water partition coefficient (Wildman–Crippen LogP) is 10.5. The standard InChI is InChI=1S/C54H39N3.Ni/c1-54(2,3)39-24-26-40-41(27-25-39)43-34-42(40)50(35-16-8-4-9-17-35)44-28-30-46(55-44)52(37-20-12-6-13-21-37)48-32-33-49(57-48)53(38-22-14-7-15-23-38)47-31-29-45(56-47)51(43)36-18-10-5-11-19-36;/h4-33H,1-3H3;/q-2;+2. The fourth-order valence-electron chi connectivity index (χ4n) is 8.21. The predicted molar refractivity (Wildman–Crippen MR) is 236 cm³/mol. The van der Waals surface area contributed by atoms with Crippen LogP contribution >= 0.6 is 0 Å². The van der Waals surface area contributed by atoms with E-state index in [9.17, 15) is 0 Å². The summed E-state index contributed by atoms with van der Waals surface area (Å²) in [6.45, 7) is 6.81. The Labute approximate surface area is 349 Å². The van der Waals surface area contributed by atoms with Crippen molar-refractivity contribution in [2.45, 2.75) is 26.2 Å². The van der Waals surface area contributed by atoms with Gasteiger partial charge >= 0.3 is 16.5 Å². The third-order valence-electron chi connectivity index (χ3n) is 11.0. The van der Waals surface area contributed by atoms with Crippen molar-refractivity contribution in [3.63, 3.8) is 0 Å². The maximum Gasteiger partial charge on any atom is 2.00 e. The van der Waals surface area contributed by atoms with Gasteiger partial charge in [-0.3, -0.25) is 9.98 Å². The molecule has 0 saturated carbocycles. The summed E-state index contributed by atoms with van der Waals surface area (Å²) < 4.78 is 0. The van der Waals surface area contributed by atoms with Crippen molar-refractivity contribution in [3.05, 3.63) is 249 Å². The van der Waals surface area contributed by atoms with Gasteiger partial charge in [-0.25, -0.2) is 0 Å². The molecule has 4 aromatic carbocycles. The van der Waals surface area contributed by atoms with Crippen molar-refractivity contribution < 1.29 is 16.5 Å². The van der Waals surface area contributed by atoms with Gasteiger partial charge in [0.15, 0.2) is 0 Å². The maximum absolute atomic E-state index is 5.51. The summed E-state index contributed by atoms with van der Waals surface area (Å²) in [5, 5.41) is 1.72. The normalized spacial score (nSPS) is 14.9. The molecule has 0 N–H and O–H groups in total. The average Bonchev–Trinajstić information content (AvgIpc) is 4.04. The van der Waals surface area contributed by atoms with E-state index in [-0.39, 0.29) is 21.9 Å². The molecule has 3 aliphatic heterocycles. The quantitative estimate of drug-likeness (QED) is 0.129. The van der Waals surface area contributed by atoms with E-state index >= 15 is 0 Å². The Morgan fingerprint density at radius 3 is 1.14 bits per heavy atom. The molecule has 0 fully saturated rings. The number of hydrogen-bond donors (Lipinski definition) is 0. The van der Waals surface area contributed by atoms with Crippen LogP contribution in [0.2, 0.25) is 0 Å². The van der Waals surface area contributed by atoms with Crippen molar-refractivity contribution in [1.82, 2.24) is 4.98 Å². The van der Waals surface area contributed by atoms with Crippen molar-refractivity contribution in [2.75, 3.05) is 0 Å². The van der Waals surface area contributed by atoms with Gasteiger partial charge in [-0.15, -0.1) is 39.0 Å². The van der Waals surface area contributed by atoms with Gasteiger partial charge in [-0.1, -0.05) is 190 Å². The van der Waals surface area contributed by atoms with E-state index in [0.29, 0.717) is 0 Å². The number of rotatable bonds is 4. The molecular weight excluding hydrogens is 749 g/mol. The summed E-state index contributed by atoms with van der Waals surface area (Å²) in [6.07, 6.45) is 8.61. The minimum absolute atomic E-state index is 0. The Kier molecular flexibility index (Phi) is 9.60. The largest absolute Gasteiger partial charge is 2.00 e. The maximum atomic E-state index is 5.51. The van der Waals surface area contributed by atoms with E-state index in [1.165, 1.54) is 5.56 Å². The number of aliphatic imine (C=N–C) groups is 2. The van der Waals surface area contributed by atoms with E-state index in [1.54, 1.807) is 0 Å². The molecule has 10 rings (SSSR count). The molecule has 2 aliphatic carbocycles. The van der Waals surface area contributed by atoms with Crippen LogP contribution in [0, 0.1) is 6.07 Å². The van der Waals surface area contributed by atoms with Crippen LogP contribution in [0.3, 0.4) is 0 Å². The van der Waals surface area contributed by atoms with Crippen LogP contribution in [0.25, 0.3) is 33.4 Å². The molecule has 4 heterocycles. The molecule has 3 nitrogen and oxygen atoms in total. The van der Waals surface area contributed by atoms with E-state index < -0.39 is 0 Å². The smallest absolute Gasteiger partial charge is 0.657 e.